The Morgan fingerprint density at radius 1 is 1.09 bits per heavy atom. The molecule has 4 nitrogen and oxygen atoms in total. The van der Waals surface area contributed by atoms with E-state index in [4.69, 9.17) is 0 Å². The highest BCUT2D eigenvalue weighted by Crippen LogP contribution is 2.26. The maximum Gasteiger partial charge on any atom is 0.171 e. The third-order valence-electron chi connectivity index (χ3n) is 3.53. The minimum atomic E-state index is -0.287. The second-order valence-corrected chi connectivity index (χ2v) is 5.71. The molecule has 1 unspecified atom stereocenters. The van der Waals surface area contributed by atoms with Gasteiger partial charge in [0.25, 0.3) is 0 Å². The number of ketones is 1. The monoisotopic (exact) mass is 299 g/mol. The predicted octanol–water partition coefficient (Wildman–Crippen LogP) is 2.70. The molecule has 0 fully saturated rings. The molecule has 0 aliphatic carbocycles. The molecular weight excluding hydrogens is 278 g/mol. The number of aromatic hydroxyl groups is 2. The minimum absolute atomic E-state index is 0.0236. The Balaban J connectivity index is 2.28. The van der Waals surface area contributed by atoms with Crippen molar-refractivity contribution in [3.63, 3.8) is 0 Å². The first kappa shape index (κ1) is 16.0. The summed E-state index contributed by atoms with van der Waals surface area (Å²) in [5.41, 5.74) is 1.24. The predicted molar refractivity (Wildman–Crippen MR) is 86.3 cm³/mol. The second-order valence-electron chi connectivity index (χ2n) is 5.71. The van der Waals surface area contributed by atoms with Crippen molar-refractivity contribution < 1.29 is 15.0 Å². The molecule has 0 heterocycles. The first-order valence-corrected chi connectivity index (χ1v) is 7.22. The van der Waals surface area contributed by atoms with Crippen LogP contribution in [0.4, 0.5) is 0 Å². The van der Waals surface area contributed by atoms with Crippen LogP contribution >= 0.6 is 0 Å². The van der Waals surface area contributed by atoms with Crippen molar-refractivity contribution in [3.05, 3.63) is 59.7 Å². The van der Waals surface area contributed by atoms with Crippen molar-refractivity contribution in [3.8, 4) is 11.5 Å². The van der Waals surface area contributed by atoms with Crippen LogP contribution < -0.4 is 0 Å². The lowest BCUT2D eigenvalue weighted by Gasteiger charge is -2.20. The molecule has 0 amide bonds. The highest BCUT2D eigenvalue weighted by molar-refractivity contribution is 6.00. The van der Waals surface area contributed by atoms with Gasteiger partial charge in [0, 0.05) is 12.5 Å². The van der Waals surface area contributed by atoms with E-state index in [1.165, 1.54) is 18.2 Å². The van der Waals surface area contributed by atoms with Gasteiger partial charge in [-0.25, -0.2) is 0 Å². The third-order valence-corrected chi connectivity index (χ3v) is 3.53. The highest BCUT2D eigenvalue weighted by atomic mass is 16.3. The minimum Gasteiger partial charge on any atom is -0.508 e. The van der Waals surface area contributed by atoms with Gasteiger partial charge in [0.2, 0.25) is 0 Å². The van der Waals surface area contributed by atoms with Gasteiger partial charge in [-0.15, -0.1) is 0 Å². The smallest absolute Gasteiger partial charge is 0.171 e. The van der Waals surface area contributed by atoms with E-state index in [1.807, 2.05) is 49.3 Å². The summed E-state index contributed by atoms with van der Waals surface area (Å²) < 4.78 is 0. The van der Waals surface area contributed by atoms with E-state index in [-0.39, 0.29) is 28.8 Å². The van der Waals surface area contributed by atoms with Crippen molar-refractivity contribution >= 4 is 5.78 Å². The first-order valence-electron chi connectivity index (χ1n) is 7.22. The molecule has 4 heteroatoms. The van der Waals surface area contributed by atoms with Crippen molar-refractivity contribution in [2.24, 2.45) is 5.92 Å². The first-order chi connectivity index (χ1) is 10.5. The molecule has 116 valence electrons. The van der Waals surface area contributed by atoms with E-state index in [0.29, 0.717) is 13.0 Å². The normalized spacial score (nSPS) is 12.3. The van der Waals surface area contributed by atoms with Crippen LogP contribution in [0.1, 0.15) is 15.9 Å². The van der Waals surface area contributed by atoms with Crippen molar-refractivity contribution in [2.45, 2.75) is 6.42 Å². The SMILES string of the molecule is CN(C)CC(Cc1ccccc1)C(=O)c1cc(O)ccc1O. The summed E-state index contributed by atoms with van der Waals surface area (Å²) in [5, 5.41) is 19.5. The number of phenolic OH excluding ortho intramolecular Hbond substituents is 2. The van der Waals surface area contributed by atoms with Crippen molar-refractivity contribution in [1.82, 2.24) is 4.90 Å². The molecule has 0 saturated heterocycles. The molecule has 2 N–H and O–H groups in total. The zero-order valence-electron chi connectivity index (χ0n) is 12.9. The summed E-state index contributed by atoms with van der Waals surface area (Å²) >= 11 is 0. The number of phenols is 2. The summed E-state index contributed by atoms with van der Waals surface area (Å²) in [5.74, 6) is -0.569. The molecule has 2 aromatic carbocycles. The van der Waals surface area contributed by atoms with Crippen LogP contribution in [0.15, 0.2) is 48.5 Å². The summed E-state index contributed by atoms with van der Waals surface area (Å²) in [6.45, 7) is 0.572. The van der Waals surface area contributed by atoms with Crippen LogP contribution in [0.3, 0.4) is 0 Å². The Kier molecular flexibility index (Phi) is 5.17. The van der Waals surface area contributed by atoms with Crippen LogP contribution in [-0.4, -0.2) is 41.5 Å². The Morgan fingerprint density at radius 2 is 1.77 bits per heavy atom. The van der Waals surface area contributed by atoms with Crippen LogP contribution in [0.5, 0.6) is 11.5 Å². The van der Waals surface area contributed by atoms with Gasteiger partial charge in [0.05, 0.1) is 5.56 Å². The average Bonchev–Trinajstić information content (AvgIpc) is 2.49. The number of hydrogen-bond acceptors (Lipinski definition) is 4. The zero-order chi connectivity index (χ0) is 16.1. The molecule has 2 aromatic rings. The number of rotatable bonds is 6. The fourth-order valence-corrected chi connectivity index (χ4v) is 2.52. The van der Waals surface area contributed by atoms with Gasteiger partial charge in [-0.1, -0.05) is 30.3 Å². The molecule has 1 atom stereocenters. The maximum atomic E-state index is 12.8. The van der Waals surface area contributed by atoms with E-state index in [2.05, 4.69) is 0 Å². The quantitative estimate of drug-likeness (QED) is 0.636. The van der Waals surface area contributed by atoms with Gasteiger partial charge in [-0.2, -0.15) is 0 Å². The Morgan fingerprint density at radius 3 is 2.41 bits per heavy atom. The standard InChI is InChI=1S/C18H21NO3/c1-19(2)12-14(10-13-6-4-3-5-7-13)18(22)16-11-15(20)8-9-17(16)21/h3-9,11,14,20-21H,10,12H2,1-2H3. The average molecular weight is 299 g/mol. The lowest BCUT2D eigenvalue weighted by atomic mass is 9.90. The van der Waals surface area contributed by atoms with Crippen molar-refractivity contribution in [2.75, 3.05) is 20.6 Å². The molecule has 2 rings (SSSR count). The molecule has 0 radical (unpaired) electrons. The lowest BCUT2D eigenvalue weighted by Crippen LogP contribution is -2.29. The number of benzene rings is 2. The Hall–Kier alpha value is -2.33. The molecule has 22 heavy (non-hydrogen) atoms. The van der Waals surface area contributed by atoms with E-state index >= 15 is 0 Å². The van der Waals surface area contributed by atoms with Gasteiger partial charge in [0.1, 0.15) is 11.5 Å². The molecular formula is C18H21NO3. The molecule has 0 aliphatic heterocycles. The second kappa shape index (κ2) is 7.09. The van der Waals surface area contributed by atoms with E-state index in [0.717, 1.165) is 5.56 Å². The third kappa shape index (κ3) is 4.09. The summed E-state index contributed by atoms with van der Waals surface area (Å²) in [4.78, 5) is 14.7. The lowest BCUT2D eigenvalue weighted by molar-refractivity contribution is 0.0893. The fourth-order valence-electron chi connectivity index (χ4n) is 2.52. The van der Waals surface area contributed by atoms with Crippen molar-refractivity contribution in [1.29, 1.82) is 0 Å². The largest absolute Gasteiger partial charge is 0.508 e. The summed E-state index contributed by atoms with van der Waals surface area (Å²) in [7, 11) is 3.82. The van der Waals surface area contributed by atoms with Gasteiger partial charge >= 0.3 is 0 Å². The molecule has 0 spiro atoms. The summed E-state index contributed by atoms with van der Waals surface area (Å²) in [6, 6.07) is 13.8. The number of nitrogens with zero attached hydrogens (tertiary/aromatic N) is 1. The zero-order valence-corrected chi connectivity index (χ0v) is 12.9. The molecule has 0 bridgehead atoms. The van der Waals surface area contributed by atoms with E-state index < -0.39 is 0 Å². The van der Waals surface area contributed by atoms with Gasteiger partial charge < -0.3 is 15.1 Å². The van der Waals surface area contributed by atoms with Crippen LogP contribution in [0.2, 0.25) is 0 Å². The Bertz CT molecular complexity index is 638. The number of carbonyl (C=O) groups is 1. The number of Topliss-reactive ketones (excluding diaryl/α,β-unsaturated/α-hetero) is 1. The van der Waals surface area contributed by atoms with Gasteiger partial charge in [-0.05, 0) is 44.3 Å². The highest BCUT2D eigenvalue weighted by Gasteiger charge is 2.24. The van der Waals surface area contributed by atoms with Crippen LogP contribution in [0.25, 0.3) is 0 Å². The number of carbonyl (C=O) groups excluding carboxylic acids is 1. The molecule has 0 aliphatic rings. The molecule has 0 aromatic heterocycles. The topological polar surface area (TPSA) is 60.8 Å². The van der Waals surface area contributed by atoms with Crippen LogP contribution in [0, 0.1) is 5.92 Å². The van der Waals surface area contributed by atoms with Crippen LogP contribution in [-0.2, 0) is 6.42 Å². The maximum absolute atomic E-state index is 12.8. The van der Waals surface area contributed by atoms with Gasteiger partial charge in [0.15, 0.2) is 5.78 Å². The fraction of sp³-hybridized carbons (Fsp3) is 0.278. The van der Waals surface area contributed by atoms with E-state index in [9.17, 15) is 15.0 Å². The molecule has 0 saturated carbocycles. The number of hydrogen-bond donors (Lipinski definition) is 2. The van der Waals surface area contributed by atoms with Gasteiger partial charge in [-0.3, -0.25) is 4.79 Å². The Labute approximate surface area is 130 Å². The van der Waals surface area contributed by atoms with E-state index in [1.54, 1.807) is 0 Å². The summed E-state index contributed by atoms with van der Waals surface area (Å²) in [6.07, 6.45) is 0.590.